The maximum absolute atomic E-state index is 10.4. The number of nitrogens with zero attached hydrogens (tertiary/aromatic N) is 1. The second-order valence-corrected chi connectivity index (χ2v) is 2.33. The van der Waals surface area contributed by atoms with Crippen molar-refractivity contribution in [2.75, 3.05) is 5.73 Å². The van der Waals surface area contributed by atoms with Gasteiger partial charge < -0.3 is 5.73 Å². The van der Waals surface area contributed by atoms with Gasteiger partial charge in [0.15, 0.2) is 0 Å². The van der Waals surface area contributed by atoms with Gasteiger partial charge in [-0.2, -0.15) is 0 Å². The van der Waals surface area contributed by atoms with E-state index in [1.54, 1.807) is 0 Å². The highest BCUT2D eigenvalue weighted by Crippen LogP contribution is 2.18. The van der Waals surface area contributed by atoms with Crippen LogP contribution in [0.5, 0.6) is 0 Å². The molecule has 5 nitrogen and oxygen atoms in total. The fourth-order valence-corrected chi connectivity index (χ4v) is 0.889. The summed E-state index contributed by atoms with van der Waals surface area (Å²) in [4.78, 5) is 9.70. The first kappa shape index (κ1) is 8.48. The Kier molecular flexibility index (Phi) is 2.25. The molecule has 0 spiro atoms. The minimum atomic E-state index is -0.574. The molecule has 0 unspecified atom stereocenters. The third-order valence-electron chi connectivity index (χ3n) is 1.38. The maximum Gasteiger partial charge on any atom is 0.271 e. The van der Waals surface area contributed by atoms with Gasteiger partial charge in [-0.3, -0.25) is 10.1 Å². The Hall–Kier alpha value is -1.62. The standard InChI is InChI=1S/C7H7N2O3/c8-6-1-5(4-10)2-7(3-6)9(11)12/h1-3H,4,8H2. The molecule has 1 rings (SSSR count). The molecule has 0 atom stereocenters. The fraction of sp³-hybridized carbons (Fsp3) is 0.143. The first-order valence-electron chi connectivity index (χ1n) is 3.25. The molecule has 63 valence electrons. The highest BCUT2D eigenvalue weighted by molar-refractivity contribution is 5.50. The van der Waals surface area contributed by atoms with E-state index in [0.717, 1.165) is 0 Å². The number of hydrogen-bond acceptors (Lipinski definition) is 3. The highest BCUT2D eigenvalue weighted by atomic mass is 16.6. The molecule has 5 heteroatoms. The molecule has 0 amide bonds. The average Bonchev–Trinajstić information content (AvgIpc) is 2.03. The predicted octanol–water partition coefficient (Wildman–Crippen LogP) is 1.11. The molecule has 0 aliphatic heterocycles. The lowest BCUT2D eigenvalue weighted by atomic mass is 10.2. The van der Waals surface area contributed by atoms with Crippen LogP contribution in [0.2, 0.25) is 0 Å². The Balaban J connectivity index is 3.15. The van der Waals surface area contributed by atoms with Crippen LogP contribution < -0.4 is 5.73 Å². The molecule has 1 radical (unpaired) electrons. The number of benzene rings is 1. The minimum absolute atomic E-state index is 0.138. The van der Waals surface area contributed by atoms with Gasteiger partial charge in [0.1, 0.15) is 6.61 Å². The van der Waals surface area contributed by atoms with Gasteiger partial charge in [-0.15, -0.1) is 0 Å². The molecule has 0 saturated heterocycles. The minimum Gasteiger partial charge on any atom is -0.399 e. The van der Waals surface area contributed by atoms with Crippen LogP contribution >= 0.6 is 0 Å². The average molecular weight is 167 g/mol. The third-order valence-corrected chi connectivity index (χ3v) is 1.38. The fourth-order valence-electron chi connectivity index (χ4n) is 0.889. The molecule has 12 heavy (non-hydrogen) atoms. The van der Waals surface area contributed by atoms with E-state index >= 15 is 0 Å². The summed E-state index contributed by atoms with van der Waals surface area (Å²) in [5.74, 6) is 0. The zero-order chi connectivity index (χ0) is 9.14. The molecule has 1 aromatic carbocycles. The number of nitrogen functional groups attached to an aromatic ring is 1. The molecular formula is C7H7N2O3. The van der Waals surface area contributed by atoms with Crippen molar-refractivity contribution in [3.05, 3.63) is 33.9 Å². The van der Waals surface area contributed by atoms with Crippen LogP contribution in [-0.4, -0.2) is 4.92 Å². The number of rotatable bonds is 2. The molecule has 0 bridgehead atoms. The number of nitro groups is 1. The summed E-state index contributed by atoms with van der Waals surface area (Å²) >= 11 is 0. The monoisotopic (exact) mass is 167 g/mol. The smallest absolute Gasteiger partial charge is 0.271 e. The van der Waals surface area contributed by atoms with Crippen LogP contribution in [-0.2, 0) is 11.7 Å². The number of nitro benzene ring substituents is 1. The van der Waals surface area contributed by atoms with E-state index in [9.17, 15) is 15.2 Å². The Bertz CT molecular complexity index is 312. The highest BCUT2D eigenvalue weighted by Gasteiger charge is 2.07. The predicted molar refractivity (Wildman–Crippen MR) is 41.9 cm³/mol. The second kappa shape index (κ2) is 3.19. The van der Waals surface area contributed by atoms with Crippen LogP contribution in [0.4, 0.5) is 11.4 Å². The Labute approximate surface area is 68.6 Å². The van der Waals surface area contributed by atoms with Crippen LogP contribution in [0, 0.1) is 10.1 Å². The Morgan fingerprint density at radius 1 is 1.42 bits per heavy atom. The van der Waals surface area contributed by atoms with Gasteiger partial charge in [0, 0.05) is 17.8 Å². The lowest BCUT2D eigenvalue weighted by Gasteiger charge is -1.97. The van der Waals surface area contributed by atoms with E-state index < -0.39 is 11.5 Å². The van der Waals surface area contributed by atoms with Gasteiger partial charge in [0.05, 0.1) is 4.92 Å². The van der Waals surface area contributed by atoms with Gasteiger partial charge in [-0.05, 0) is 11.6 Å². The molecule has 0 heterocycles. The van der Waals surface area contributed by atoms with E-state index in [1.807, 2.05) is 0 Å². The number of nitrogens with two attached hydrogens (primary N) is 1. The van der Waals surface area contributed by atoms with Crippen molar-refractivity contribution in [2.24, 2.45) is 0 Å². The van der Waals surface area contributed by atoms with Crippen LogP contribution in [0.3, 0.4) is 0 Å². The van der Waals surface area contributed by atoms with Crippen molar-refractivity contribution in [1.29, 1.82) is 0 Å². The molecule has 0 aromatic heterocycles. The van der Waals surface area contributed by atoms with Gasteiger partial charge in [-0.1, -0.05) is 0 Å². The second-order valence-electron chi connectivity index (χ2n) is 2.33. The van der Waals surface area contributed by atoms with Gasteiger partial charge in [0.2, 0.25) is 0 Å². The van der Waals surface area contributed by atoms with Crippen molar-refractivity contribution < 1.29 is 10.0 Å². The van der Waals surface area contributed by atoms with Crippen LogP contribution in [0.15, 0.2) is 18.2 Å². The van der Waals surface area contributed by atoms with Crippen LogP contribution in [0.1, 0.15) is 5.56 Å². The largest absolute Gasteiger partial charge is 0.399 e. The summed E-state index contributed by atoms with van der Waals surface area (Å²) in [7, 11) is 0. The van der Waals surface area contributed by atoms with E-state index in [1.165, 1.54) is 18.2 Å². The van der Waals surface area contributed by atoms with Crippen molar-refractivity contribution in [2.45, 2.75) is 6.61 Å². The zero-order valence-electron chi connectivity index (χ0n) is 6.19. The van der Waals surface area contributed by atoms with Gasteiger partial charge in [-0.25, -0.2) is 5.11 Å². The molecule has 0 aliphatic carbocycles. The summed E-state index contributed by atoms with van der Waals surface area (Å²) in [5, 5.41) is 20.6. The van der Waals surface area contributed by atoms with Crippen molar-refractivity contribution in [3.63, 3.8) is 0 Å². The lowest BCUT2D eigenvalue weighted by molar-refractivity contribution is -0.384. The van der Waals surface area contributed by atoms with Crippen molar-refractivity contribution in [3.8, 4) is 0 Å². The van der Waals surface area contributed by atoms with E-state index in [4.69, 9.17) is 5.73 Å². The summed E-state index contributed by atoms with van der Waals surface area (Å²) in [5.41, 5.74) is 5.77. The molecule has 0 saturated carbocycles. The van der Waals surface area contributed by atoms with E-state index in [2.05, 4.69) is 0 Å². The van der Waals surface area contributed by atoms with Crippen molar-refractivity contribution in [1.82, 2.24) is 0 Å². The van der Waals surface area contributed by atoms with Gasteiger partial charge >= 0.3 is 0 Å². The van der Waals surface area contributed by atoms with Gasteiger partial charge in [0.25, 0.3) is 5.69 Å². The molecule has 1 aromatic rings. The summed E-state index contributed by atoms with van der Waals surface area (Å²) < 4.78 is 0. The molecular weight excluding hydrogens is 160 g/mol. The van der Waals surface area contributed by atoms with Crippen LogP contribution in [0.25, 0.3) is 0 Å². The van der Waals surface area contributed by atoms with E-state index in [0.29, 0.717) is 5.56 Å². The zero-order valence-corrected chi connectivity index (χ0v) is 6.19. The molecule has 0 fully saturated rings. The SMILES string of the molecule is Nc1cc(C[O])cc([N+](=O)[O-])c1. The van der Waals surface area contributed by atoms with E-state index in [-0.39, 0.29) is 11.4 Å². The first-order chi connectivity index (χ1) is 5.63. The molecule has 0 aliphatic rings. The number of non-ortho nitro benzene ring substituents is 1. The number of hydrogen-bond donors (Lipinski definition) is 1. The number of anilines is 1. The summed E-state index contributed by atoms with van der Waals surface area (Å²) in [6, 6.07) is 3.88. The quantitative estimate of drug-likeness (QED) is 0.406. The third kappa shape index (κ3) is 1.70. The topological polar surface area (TPSA) is 89.1 Å². The summed E-state index contributed by atoms with van der Waals surface area (Å²) in [6.07, 6.45) is 0. The molecule has 2 N–H and O–H groups in total. The Morgan fingerprint density at radius 2 is 2.08 bits per heavy atom. The normalized spacial score (nSPS) is 9.75. The Morgan fingerprint density at radius 3 is 2.58 bits per heavy atom. The first-order valence-corrected chi connectivity index (χ1v) is 3.25. The maximum atomic E-state index is 10.4. The summed E-state index contributed by atoms with van der Waals surface area (Å²) in [6.45, 7) is -0.494. The van der Waals surface area contributed by atoms with Crippen molar-refractivity contribution >= 4 is 11.4 Å². The lowest BCUT2D eigenvalue weighted by Crippen LogP contribution is -1.94.